The van der Waals surface area contributed by atoms with Gasteiger partial charge in [-0.2, -0.15) is 0 Å². The van der Waals surface area contributed by atoms with Gasteiger partial charge in [-0.25, -0.2) is 0 Å². The van der Waals surface area contributed by atoms with E-state index in [0.29, 0.717) is 18.0 Å². The van der Waals surface area contributed by atoms with Gasteiger partial charge in [0.1, 0.15) is 0 Å². The Morgan fingerprint density at radius 3 is 3.00 bits per heavy atom. The molecular formula is C17H24N2O. The molecule has 108 valence electrons. The van der Waals surface area contributed by atoms with Crippen LogP contribution in [0.15, 0.2) is 24.3 Å². The first-order chi connectivity index (χ1) is 9.70. The molecule has 3 nitrogen and oxygen atoms in total. The number of carbonyl (C=O) groups is 1. The first-order valence-electron chi connectivity index (χ1n) is 7.86. The van der Waals surface area contributed by atoms with E-state index in [9.17, 15) is 4.79 Å². The predicted octanol–water partition coefficient (Wildman–Crippen LogP) is 3.38. The average molecular weight is 272 g/mol. The number of benzene rings is 1. The molecule has 0 spiro atoms. The minimum absolute atomic E-state index is 0.0367. The highest BCUT2D eigenvalue weighted by Crippen LogP contribution is 2.37. The average Bonchev–Trinajstić information content (AvgIpc) is 2.94. The molecule has 3 rings (SSSR count). The second kappa shape index (κ2) is 5.47. The van der Waals surface area contributed by atoms with Gasteiger partial charge < -0.3 is 10.2 Å². The summed E-state index contributed by atoms with van der Waals surface area (Å²) in [4.78, 5) is 15.1. The lowest BCUT2D eigenvalue weighted by atomic mass is 9.86. The molecule has 2 aliphatic heterocycles. The number of nitrogens with one attached hydrogen (secondary N) is 1. The van der Waals surface area contributed by atoms with Crippen molar-refractivity contribution in [2.45, 2.75) is 57.5 Å². The molecule has 0 saturated carbocycles. The van der Waals surface area contributed by atoms with Crippen molar-refractivity contribution in [3.05, 3.63) is 29.8 Å². The van der Waals surface area contributed by atoms with Crippen molar-refractivity contribution in [1.82, 2.24) is 4.90 Å². The Hall–Kier alpha value is -1.51. The number of fused-ring (bicyclic) bond motifs is 1. The molecular weight excluding hydrogens is 248 g/mol. The van der Waals surface area contributed by atoms with Crippen LogP contribution in [0, 0.1) is 0 Å². The number of likely N-dealkylation sites (tertiary alicyclic amines) is 1. The van der Waals surface area contributed by atoms with Gasteiger partial charge in [0.15, 0.2) is 0 Å². The molecule has 1 aromatic carbocycles. The summed E-state index contributed by atoms with van der Waals surface area (Å²) in [6, 6.07) is 9.09. The molecule has 2 aliphatic rings. The SMILES string of the molecule is CCC1CCCN1C(=O)C1CC(C)Nc2ccccc21. The fourth-order valence-corrected chi connectivity index (χ4v) is 3.72. The van der Waals surface area contributed by atoms with Crippen LogP contribution in [0.2, 0.25) is 0 Å². The van der Waals surface area contributed by atoms with Gasteiger partial charge in [0.2, 0.25) is 5.91 Å². The number of amides is 1. The molecule has 3 unspecified atom stereocenters. The molecule has 0 aliphatic carbocycles. The summed E-state index contributed by atoms with van der Waals surface area (Å²) in [5.41, 5.74) is 2.31. The van der Waals surface area contributed by atoms with Crippen LogP contribution >= 0.6 is 0 Å². The molecule has 0 bridgehead atoms. The zero-order valence-corrected chi connectivity index (χ0v) is 12.4. The molecule has 1 aromatic rings. The van der Waals surface area contributed by atoms with E-state index in [1.165, 1.54) is 12.0 Å². The van der Waals surface area contributed by atoms with Gasteiger partial charge in [-0.05, 0) is 44.2 Å². The van der Waals surface area contributed by atoms with Crippen LogP contribution in [0.3, 0.4) is 0 Å². The summed E-state index contributed by atoms with van der Waals surface area (Å²) in [7, 11) is 0. The monoisotopic (exact) mass is 272 g/mol. The van der Waals surface area contributed by atoms with E-state index in [2.05, 4.69) is 36.2 Å². The zero-order chi connectivity index (χ0) is 14.1. The zero-order valence-electron chi connectivity index (χ0n) is 12.4. The normalized spacial score (nSPS) is 28.9. The van der Waals surface area contributed by atoms with Gasteiger partial charge in [-0.1, -0.05) is 25.1 Å². The number of rotatable bonds is 2. The molecule has 3 atom stereocenters. The van der Waals surface area contributed by atoms with Crippen LogP contribution < -0.4 is 5.32 Å². The second-order valence-corrected chi connectivity index (χ2v) is 6.16. The number of carbonyl (C=O) groups excluding carboxylic acids is 1. The Morgan fingerprint density at radius 1 is 1.40 bits per heavy atom. The van der Waals surface area contributed by atoms with Gasteiger partial charge in [0.05, 0.1) is 5.92 Å². The summed E-state index contributed by atoms with van der Waals surface area (Å²) in [6.07, 6.45) is 4.31. The van der Waals surface area contributed by atoms with Gasteiger partial charge in [0, 0.05) is 24.3 Å². The fourth-order valence-electron chi connectivity index (χ4n) is 3.72. The van der Waals surface area contributed by atoms with Crippen LogP contribution in [0.5, 0.6) is 0 Å². The van der Waals surface area contributed by atoms with Crippen LogP contribution in [0.4, 0.5) is 5.69 Å². The standard InChI is InChI=1S/C17H24N2O/c1-3-13-7-6-10-19(13)17(20)15-11-12(2)18-16-9-5-4-8-14(15)16/h4-5,8-9,12-13,15,18H,3,6-7,10-11H2,1-2H3. The van der Waals surface area contributed by atoms with Crippen LogP contribution in [-0.2, 0) is 4.79 Å². The van der Waals surface area contributed by atoms with Crippen molar-refractivity contribution in [2.24, 2.45) is 0 Å². The van der Waals surface area contributed by atoms with Gasteiger partial charge in [0.25, 0.3) is 0 Å². The molecule has 0 radical (unpaired) electrons. The third kappa shape index (κ3) is 2.30. The smallest absolute Gasteiger partial charge is 0.230 e. The van der Waals surface area contributed by atoms with E-state index in [4.69, 9.17) is 0 Å². The first-order valence-corrected chi connectivity index (χ1v) is 7.86. The maximum Gasteiger partial charge on any atom is 0.230 e. The van der Waals surface area contributed by atoms with E-state index >= 15 is 0 Å². The number of hydrogen-bond acceptors (Lipinski definition) is 2. The first kappa shape index (κ1) is 13.5. The van der Waals surface area contributed by atoms with Crippen molar-refractivity contribution in [3.63, 3.8) is 0 Å². The third-order valence-corrected chi connectivity index (χ3v) is 4.76. The highest BCUT2D eigenvalue weighted by atomic mass is 16.2. The molecule has 1 saturated heterocycles. The van der Waals surface area contributed by atoms with Crippen molar-refractivity contribution in [1.29, 1.82) is 0 Å². The van der Waals surface area contributed by atoms with Crippen LogP contribution in [-0.4, -0.2) is 29.4 Å². The van der Waals surface area contributed by atoms with Gasteiger partial charge >= 0.3 is 0 Å². The largest absolute Gasteiger partial charge is 0.382 e. The minimum Gasteiger partial charge on any atom is -0.382 e. The Labute approximate surface area is 121 Å². The highest BCUT2D eigenvalue weighted by Gasteiger charge is 2.36. The number of para-hydroxylation sites is 1. The van der Waals surface area contributed by atoms with E-state index < -0.39 is 0 Å². The Bertz CT molecular complexity index is 500. The predicted molar refractivity (Wildman–Crippen MR) is 81.9 cm³/mol. The van der Waals surface area contributed by atoms with E-state index in [1.807, 2.05) is 12.1 Å². The van der Waals surface area contributed by atoms with Crippen molar-refractivity contribution in [3.8, 4) is 0 Å². The number of anilines is 1. The number of nitrogens with zero attached hydrogens (tertiary/aromatic N) is 1. The molecule has 1 N–H and O–H groups in total. The van der Waals surface area contributed by atoms with Crippen LogP contribution in [0.1, 0.15) is 51.0 Å². The van der Waals surface area contributed by atoms with Gasteiger partial charge in [-0.3, -0.25) is 4.79 Å². The van der Waals surface area contributed by atoms with Crippen molar-refractivity contribution >= 4 is 11.6 Å². The Morgan fingerprint density at radius 2 is 2.20 bits per heavy atom. The summed E-state index contributed by atoms with van der Waals surface area (Å²) in [5.74, 6) is 0.379. The van der Waals surface area contributed by atoms with Crippen molar-refractivity contribution < 1.29 is 4.79 Å². The van der Waals surface area contributed by atoms with Gasteiger partial charge in [-0.15, -0.1) is 0 Å². The van der Waals surface area contributed by atoms with E-state index in [0.717, 1.165) is 31.5 Å². The van der Waals surface area contributed by atoms with E-state index in [1.54, 1.807) is 0 Å². The highest BCUT2D eigenvalue weighted by molar-refractivity contribution is 5.87. The van der Waals surface area contributed by atoms with Crippen LogP contribution in [0.25, 0.3) is 0 Å². The summed E-state index contributed by atoms with van der Waals surface area (Å²) >= 11 is 0. The maximum atomic E-state index is 13.0. The minimum atomic E-state index is 0.0367. The lowest BCUT2D eigenvalue weighted by molar-refractivity contribution is -0.134. The fraction of sp³-hybridized carbons (Fsp3) is 0.588. The maximum absolute atomic E-state index is 13.0. The quantitative estimate of drug-likeness (QED) is 0.895. The third-order valence-electron chi connectivity index (χ3n) is 4.76. The number of hydrogen-bond donors (Lipinski definition) is 1. The summed E-state index contributed by atoms with van der Waals surface area (Å²) in [6.45, 7) is 5.30. The molecule has 1 amide bonds. The Kier molecular flexibility index (Phi) is 3.68. The topological polar surface area (TPSA) is 32.3 Å². The molecule has 20 heavy (non-hydrogen) atoms. The molecule has 2 heterocycles. The summed E-state index contributed by atoms with van der Waals surface area (Å²) < 4.78 is 0. The lowest BCUT2D eigenvalue weighted by Gasteiger charge is -2.34. The van der Waals surface area contributed by atoms with Crippen molar-refractivity contribution in [2.75, 3.05) is 11.9 Å². The lowest BCUT2D eigenvalue weighted by Crippen LogP contribution is -2.41. The molecule has 1 fully saturated rings. The van der Waals surface area contributed by atoms with E-state index in [-0.39, 0.29) is 5.92 Å². The summed E-state index contributed by atoms with van der Waals surface area (Å²) in [5, 5.41) is 3.49. The second-order valence-electron chi connectivity index (χ2n) is 6.16. The molecule has 3 heteroatoms. The molecule has 0 aromatic heterocycles. The Balaban J connectivity index is 1.88.